The predicted octanol–water partition coefficient (Wildman–Crippen LogP) is 2.03. The third-order valence-electron chi connectivity index (χ3n) is 3.86. The van der Waals surface area contributed by atoms with Crippen LogP contribution in [0.25, 0.3) is 0 Å². The topological polar surface area (TPSA) is 80.0 Å². The number of hydrogen-bond donors (Lipinski definition) is 2. The zero-order valence-electron chi connectivity index (χ0n) is 13.1. The lowest BCUT2D eigenvalue weighted by Gasteiger charge is -2.31. The molecule has 0 aliphatic carbocycles. The van der Waals surface area contributed by atoms with E-state index in [4.69, 9.17) is 10.5 Å². The van der Waals surface area contributed by atoms with E-state index in [9.17, 15) is 4.79 Å². The molecule has 2 heterocycles. The average molecular weight is 442 g/mol. The van der Waals surface area contributed by atoms with E-state index in [0.717, 1.165) is 19.4 Å². The summed E-state index contributed by atoms with van der Waals surface area (Å²) in [7, 11) is 0. The maximum Gasteiger partial charge on any atom is 0.409 e. The molecule has 6 nitrogen and oxygen atoms in total. The smallest absolute Gasteiger partial charge is 0.409 e. The van der Waals surface area contributed by atoms with Crippen LogP contribution >= 0.6 is 35.7 Å². The third-order valence-corrected chi connectivity index (χ3v) is 5.24. The number of aliphatic imine (C=N–C) groups is 1. The van der Waals surface area contributed by atoms with Crippen LogP contribution in [0.2, 0.25) is 0 Å². The molecule has 2 aliphatic heterocycles. The number of likely N-dealkylation sites (tertiary alicyclic amines) is 1. The molecule has 1 unspecified atom stereocenters. The Morgan fingerprint density at radius 1 is 1.41 bits per heavy atom. The molecule has 3 N–H and O–H groups in total. The van der Waals surface area contributed by atoms with Crippen molar-refractivity contribution in [2.24, 2.45) is 10.7 Å². The second-order valence-corrected chi connectivity index (χ2v) is 6.87. The minimum Gasteiger partial charge on any atom is -0.450 e. The summed E-state index contributed by atoms with van der Waals surface area (Å²) in [4.78, 5) is 17.8. The molecule has 2 saturated heterocycles. The normalized spacial score (nSPS) is 23.0. The van der Waals surface area contributed by atoms with Crippen LogP contribution in [-0.2, 0) is 4.74 Å². The van der Waals surface area contributed by atoms with Crippen LogP contribution in [0.3, 0.4) is 0 Å². The van der Waals surface area contributed by atoms with Crippen molar-refractivity contribution < 1.29 is 9.53 Å². The lowest BCUT2D eigenvalue weighted by Crippen LogP contribution is -2.48. The number of thioether (sulfide) groups is 1. The van der Waals surface area contributed by atoms with Gasteiger partial charge >= 0.3 is 6.09 Å². The molecule has 0 bridgehead atoms. The summed E-state index contributed by atoms with van der Waals surface area (Å²) >= 11 is 1.99. The summed E-state index contributed by atoms with van der Waals surface area (Å²) in [5.41, 5.74) is 5.95. The highest BCUT2D eigenvalue weighted by Crippen LogP contribution is 2.25. The van der Waals surface area contributed by atoms with Crippen molar-refractivity contribution in [2.75, 3.05) is 32.0 Å². The molecule has 128 valence electrons. The van der Waals surface area contributed by atoms with Crippen LogP contribution in [-0.4, -0.2) is 60.2 Å². The van der Waals surface area contributed by atoms with Crippen LogP contribution in [0.5, 0.6) is 0 Å². The number of carbonyl (C=O) groups excluding carboxylic acids is 1. The molecular weight excluding hydrogens is 415 g/mol. The maximum atomic E-state index is 11.6. The first kappa shape index (κ1) is 19.7. The van der Waals surface area contributed by atoms with Gasteiger partial charge in [-0.2, -0.15) is 11.8 Å². The zero-order valence-corrected chi connectivity index (χ0v) is 16.3. The fourth-order valence-corrected chi connectivity index (χ4v) is 3.84. The summed E-state index contributed by atoms with van der Waals surface area (Å²) in [5, 5.41) is 3.91. The molecular formula is C14H27IN4O2S. The van der Waals surface area contributed by atoms with Gasteiger partial charge in [0, 0.05) is 24.4 Å². The number of carbonyl (C=O) groups is 1. The number of nitrogens with zero attached hydrogens (tertiary/aromatic N) is 2. The monoisotopic (exact) mass is 442 g/mol. The number of hydrogen-bond acceptors (Lipinski definition) is 4. The Morgan fingerprint density at radius 2 is 2.14 bits per heavy atom. The number of nitrogens with one attached hydrogen (secondary N) is 1. The largest absolute Gasteiger partial charge is 0.450 e. The first-order valence-corrected chi connectivity index (χ1v) is 8.83. The second kappa shape index (κ2) is 10.4. The molecule has 1 amide bonds. The number of halogens is 1. The van der Waals surface area contributed by atoms with Crippen molar-refractivity contribution in [3.63, 3.8) is 0 Å². The van der Waals surface area contributed by atoms with Gasteiger partial charge < -0.3 is 20.7 Å². The lowest BCUT2D eigenvalue weighted by molar-refractivity contribution is 0.0963. The van der Waals surface area contributed by atoms with E-state index in [0.29, 0.717) is 36.9 Å². The molecule has 0 spiro atoms. The Kier molecular flexibility index (Phi) is 9.30. The molecule has 0 saturated carbocycles. The van der Waals surface area contributed by atoms with Crippen LogP contribution in [0, 0.1) is 0 Å². The first-order valence-electron chi connectivity index (χ1n) is 7.78. The Balaban J connectivity index is 0.00000242. The number of guanidine groups is 1. The minimum atomic E-state index is -0.212. The van der Waals surface area contributed by atoms with E-state index in [1.807, 2.05) is 18.7 Å². The van der Waals surface area contributed by atoms with Gasteiger partial charge in [-0.3, -0.25) is 4.99 Å². The molecule has 0 aromatic carbocycles. The van der Waals surface area contributed by atoms with Gasteiger partial charge in [0.2, 0.25) is 0 Å². The van der Waals surface area contributed by atoms with Gasteiger partial charge in [-0.25, -0.2) is 4.79 Å². The Hall–Kier alpha value is -0.380. The van der Waals surface area contributed by atoms with Crippen molar-refractivity contribution in [2.45, 2.75) is 43.9 Å². The predicted molar refractivity (Wildman–Crippen MR) is 102 cm³/mol. The molecule has 2 aliphatic rings. The van der Waals surface area contributed by atoms with Gasteiger partial charge in [0.05, 0.1) is 13.2 Å². The maximum absolute atomic E-state index is 11.6. The molecule has 0 aromatic rings. The highest BCUT2D eigenvalue weighted by molar-refractivity contribution is 14.0. The van der Waals surface area contributed by atoms with Gasteiger partial charge in [-0.1, -0.05) is 0 Å². The van der Waals surface area contributed by atoms with Gasteiger partial charge in [-0.05, 0) is 38.4 Å². The number of ether oxygens (including phenoxy) is 1. The molecule has 1 atom stereocenters. The quantitative estimate of drug-likeness (QED) is 0.396. The van der Waals surface area contributed by atoms with Crippen molar-refractivity contribution >= 4 is 47.8 Å². The van der Waals surface area contributed by atoms with Crippen LogP contribution in [0.1, 0.15) is 32.6 Å². The SMILES string of the molecule is CCOC(=O)N1CCC(NC(N)=NCC2CCCS2)CC1.I. The Labute approximate surface area is 154 Å². The van der Waals surface area contributed by atoms with Gasteiger partial charge in [-0.15, -0.1) is 24.0 Å². The van der Waals surface area contributed by atoms with E-state index in [1.165, 1.54) is 18.6 Å². The van der Waals surface area contributed by atoms with Crippen molar-refractivity contribution in [1.29, 1.82) is 0 Å². The van der Waals surface area contributed by atoms with E-state index in [1.54, 1.807) is 4.90 Å². The van der Waals surface area contributed by atoms with Gasteiger partial charge in [0.15, 0.2) is 5.96 Å². The average Bonchev–Trinajstić information content (AvgIpc) is 2.99. The van der Waals surface area contributed by atoms with Crippen LogP contribution < -0.4 is 11.1 Å². The van der Waals surface area contributed by atoms with Crippen LogP contribution in [0.4, 0.5) is 4.79 Å². The fraction of sp³-hybridized carbons (Fsp3) is 0.857. The molecule has 22 heavy (non-hydrogen) atoms. The number of piperidine rings is 1. The first-order chi connectivity index (χ1) is 10.2. The van der Waals surface area contributed by atoms with Gasteiger partial charge in [0.25, 0.3) is 0 Å². The summed E-state index contributed by atoms with van der Waals surface area (Å²) in [5.74, 6) is 1.79. The van der Waals surface area contributed by atoms with Crippen molar-refractivity contribution in [1.82, 2.24) is 10.2 Å². The van der Waals surface area contributed by atoms with Gasteiger partial charge in [0.1, 0.15) is 0 Å². The number of rotatable bonds is 4. The second-order valence-electron chi connectivity index (χ2n) is 5.47. The zero-order chi connectivity index (χ0) is 15.1. The molecule has 0 aromatic heterocycles. The Morgan fingerprint density at radius 3 is 2.73 bits per heavy atom. The van der Waals surface area contributed by atoms with Crippen molar-refractivity contribution in [3.8, 4) is 0 Å². The number of amides is 1. The summed E-state index contributed by atoms with van der Waals surface area (Å²) in [6, 6.07) is 0.302. The molecule has 2 rings (SSSR count). The summed E-state index contributed by atoms with van der Waals surface area (Å²) in [6.07, 6.45) is 4.10. The van der Waals surface area contributed by atoms with E-state index < -0.39 is 0 Å². The van der Waals surface area contributed by atoms with Crippen LogP contribution in [0.15, 0.2) is 4.99 Å². The molecule has 8 heteroatoms. The van der Waals surface area contributed by atoms with E-state index in [2.05, 4.69) is 10.3 Å². The third kappa shape index (κ3) is 6.39. The molecule has 2 fully saturated rings. The lowest BCUT2D eigenvalue weighted by atomic mass is 10.1. The Bertz CT molecular complexity index is 370. The minimum absolute atomic E-state index is 0. The van der Waals surface area contributed by atoms with E-state index in [-0.39, 0.29) is 30.1 Å². The van der Waals surface area contributed by atoms with E-state index >= 15 is 0 Å². The highest BCUT2D eigenvalue weighted by Gasteiger charge is 2.23. The van der Waals surface area contributed by atoms with Crippen molar-refractivity contribution in [3.05, 3.63) is 0 Å². The molecule has 0 radical (unpaired) electrons. The standard InChI is InChI=1S/C14H26N4O2S.HI/c1-2-20-14(19)18-7-5-11(6-8-18)17-13(15)16-10-12-4-3-9-21-12;/h11-12H,2-10H2,1H3,(H3,15,16,17);1H. The highest BCUT2D eigenvalue weighted by atomic mass is 127. The summed E-state index contributed by atoms with van der Waals surface area (Å²) < 4.78 is 5.01. The number of nitrogens with two attached hydrogens (primary N) is 1. The fourth-order valence-electron chi connectivity index (χ4n) is 2.66. The summed E-state index contributed by atoms with van der Waals surface area (Å²) in [6.45, 7) is 4.48.